The van der Waals surface area contributed by atoms with E-state index in [1.807, 2.05) is 19.0 Å². The van der Waals surface area contributed by atoms with Gasteiger partial charge < -0.3 is 15.5 Å². The van der Waals surface area contributed by atoms with Crippen molar-refractivity contribution >= 4 is 29.1 Å². The Kier molecular flexibility index (Phi) is 6.18. The molecule has 0 spiro atoms. The van der Waals surface area contributed by atoms with Crippen LogP contribution in [-0.4, -0.2) is 43.9 Å². The number of hydrogen-bond donors (Lipinski definition) is 2. The molecule has 0 aliphatic rings. The number of anilines is 1. The van der Waals surface area contributed by atoms with Crippen LogP contribution < -0.4 is 10.6 Å². The molecular weight excluding hydrogens is 290 g/mol. The first kappa shape index (κ1) is 17.5. The van der Waals surface area contributed by atoms with Crippen molar-refractivity contribution in [2.75, 3.05) is 32.5 Å². The topological polar surface area (TPSA) is 61.4 Å². The van der Waals surface area contributed by atoms with Gasteiger partial charge in [-0.25, -0.2) is 0 Å². The monoisotopic (exact) mass is 311 g/mol. The van der Waals surface area contributed by atoms with E-state index in [4.69, 9.17) is 11.6 Å². The second-order valence-corrected chi connectivity index (χ2v) is 6.08. The minimum atomic E-state index is -1.15. The maximum absolute atomic E-state index is 12.2. The van der Waals surface area contributed by atoms with Crippen molar-refractivity contribution in [2.45, 2.75) is 13.8 Å². The Hall–Kier alpha value is -1.59. The van der Waals surface area contributed by atoms with E-state index in [2.05, 4.69) is 10.6 Å². The van der Waals surface area contributed by atoms with Crippen LogP contribution in [0, 0.1) is 5.41 Å². The number of amides is 2. The van der Waals surface area contributed by atoms with Crippen molar-refractivity contribution < 1.29 is 9.59 Å². The molecule has 0 fully saturated rings. The van der Waals surface area contributed by atoms with Gasteiger partial charge in [0.1, 0.15) is 5.41 Å². The van der Waals surface area contributed by atoms with Gasteiger partial charge in [0.05, 0.1) is 0 Å². The molecule has 2 amide bonds. The summed E-state index contributed by atoms with van der Waals surface area (Å²) >= 11 is 5.79. The molecule has 0 saturated carbocycles. The molecule has 0 radical (unpaired) electrons. The summed E-state index contributed by atoms with van der Waals surface area (Å²) in [6, 6.07) is 6.75. The Labute approximate surface area is 130 Å². The maximum Gasteiger partial charge on any atom is 0.239 e. The summed E-state index contributed by atoms with van der Waals surface area (Å²) in [5.41, 5.74) is -0.537. The van der Waals surface area contributed by atoms with Crippen LogP contribution in [-0.2, 0) is 9.59 Å². The highest BCUT2D eigenvalue weighted by molar-refractivity contribution is 6.30. The number of carbonyl (C=O) groups excluding carboxylic acids is 2. The van der Waals surface area contributed by atoms with Gasteiger partial charge in [0.15, 0.2) is 0 Å². The summed E-state index contributed by atoms with van der Waals surface area (Å²) in [4.78, 5) is 26.3. The van der Waals surface area contributed by atoms with Crippen LogP contribution >= 0.6 is 11.6 Å². The van der Waals surface area contributed by atoms with Gasteiger partial charge >= 0.3 is 0 Å². The van der Waals surface area contributed by atoms with Crippen molar-refractivity contribution in [3.63, 3.8) is 0 Å². The van der Waals surface area contributed by atoms with E-state index in [1.54, 1.807) is 38.1 Å². The molecule has 0 aliphatic heterocycles. The van der Waals surface area contributed by atoms with Crippen molar-refractivity contribution in [2.24, 2.45) is 5.41 Å². The third kappa shape index (κ3) is 5.36. The van der Waals surface area contributed by atoms with Crippen molar-refractivity contribution in [3.8, 4) is 0 Å². The highest BCUT2D eigenvalue weighted by Crippen LogP contribution is 2.20. The average Bonchev–Trinajstić information content (AvgIpc) is 2.40. The summed E-state index contributed by atoms with van der Waals surface area (Å²) in [6.07, 6.45) is 0. The minimum absolute atomic E-state index is 0.296. The Bertz CT molecular complexity index is 498. The summed E-state index contributed by atoms with van der Waals surface area (Å²) in [7, 11) is 3.84. The molecule has 1 rings (SSSR count). The first-order valence-corrected chi connectivity index (χ1v) is 7.11. The number of rotatable bonds is 6. The third-order valence-electron chi connectivity index (χ3n) is 3.08. The van der Waals surface area contributed by atoms with E-state index in [9.17, 15) is 9.59 Å². The van der Waals surface area contributed by atoms with Crippen LogP contribution in [0.4, 0.5) is 5.69 Å². The molecule has 21 heavy (non-hydrogen) atoms. The molecule has 0 atom stereocenters. The molecule has 2 N–H and O–H groups in total. The second-order valence-electron chi connectivity index (χ2n) is 5.65. The number of benzene rings is 1. The highest BCUT2D eigenvalue weighted by Gasteiger charge is 2.35. The molecule has 0 aliphatic carbocycles. The zero-order valence-corrected chi connectivity index (χ0v) is 13.6. The van der Waals surface area contributed by atoms with Gasteiger partial charge in [-0.15, -0.1) is 0 Å². The standard InChI is InChI=1S/C15H22ClN3O2/c1-15(2,13(20)17-9-10-19(3)4)14(21)18-12-7-5-11(16)6-8-12/h5-8H,9-10H2,1-4H3,(H,17,20)(H,18,21). The number of nitrogens with zero attached hydrogens (tertiary/aromatic N) is 1. The number of nitrogens with one attached hydrogen (secondary N) is 2. The molecule has 0 bridgehead atoms. The predicted octanol–water partition coefficient (Wildman–Crippen LogP) is 1.98. The van der Waals surface area contributed by atoms with Gasteiger partial charge in [-0.2, -0.15) is 0 Å². The van der Waals surface area contributed by atoms with Crippen molar-refractivity contribution in [3.05, 3.63) is 29.3 Å². The van der Waals surface area contributed by atoms with Gasteiger partial charge in [-0.3, -0.25) is 9.59 Å². The summed E-state index contributed by atoms with van der Waals surface area (Å²) in [6.45, 7) is 4.43. The lowest BCUT2D eigenvalue weighted by atomic mass is 9.91. The lowest BCUT2D eigenvalue weighted by molar-refractivity contribution is -0.138. The average molecular weight is 312 g/mol. The Morgan fingerprint density at radius 3 is 2.24 bits per heavy atom. The number of hydrogen-bond acceptors (Lipinski definition) is 3. The zero-order chi connectivity index (χ0) is 16.0. The lowest BCUT2D eigenvalue weighted by Crippen LogP contribution is -2.46. The molecule has 0 unspecified atom stereocenters. The SMILES string of the molecule is CN(C)CCNC(=O)C(C)(C)C(=O)Nc1ccc(Cl)cc1. The fourth-order valence-corrected chi connectivity index (χ4v) is 1.66. The predicted molar refractivity (Wildman–Crippen MR) is 85.4 cm³/mol. The second kappa shape index (κ2) is 7.43. The van der Waals surface area contributed by atoms with Crippen LogP contribution in [0.1, 0.15) is 13.8 Å². The van der Waals surface area contributed by atoms with E-state index in [0.29, 0.717) is 17.3 Å². The van der Waals surface area contributed by atoms with E-state index < -0.39 is 5.41 Å². The maximum atomic E-state index is 12.2. The number of halogens is 1. The number of carbonyl (C=O) groups is 2. The molecule has 0 heterocycles. The summed E-state index contributed by atoms with van der Waals surface area (Å²) in [5, 5.41) is 6.08. The van der Waals surface area contributed by atoms with Gasteiger partial charge in [0.25, 0.3) is 0 Å². The normalized spacial score (nSPS) is 11.3. The molecule has 116 valence electrons. The van der Waals surface area contributed by atoms with Crippen molar-refractivity contribution in [1.29, 1.82) is 0 Å². The first-order valence-electron chi connectivity index (χ1n) is 6.73. The Balaban J connectivity index is 2.61. The molecule has 6 heteroatoms. The molecular formula is C15H22ClN3O2. The molecule has 5 nitrogen and oxygen atoms in total. The third-order valence-corrected chi connectivity index (χ3v) is 3.33. The van der Waals surface area contributed by atoms with Gasteiger partial charge in [-0.05, 0) is 52.2 Å². The van der Waals surface area contributed by atoms with E-state index in [0.717, 1.165) is 6.54 Å². The fraction of sp³-hybridized carbons (Fsp3) is 0.467. The number of likely N-dealkylation sites (N-methyl/N-ethyl adjacent to an activating group) is 1. The Morgan fingerprint density at radius 1 is 1.14 bits per heavy atom. The fourth-order valence-electron chi connectivity index (χ4n) is 1.54. The van der Waals surface area contributed by atoms with Crippen LogP contribution in [0.25, 0.3) is 0 Å². The Morgan fingerprint density at radius 2 is 1.71 bits per heavy atom. The minimum Gasteiger partial charge on any atom is -0.354 e. The van der Waals surface area contributed by atoms with Crippen LogP contribution in [0.3, 0.4) is 0 Å². The van der Waals surface area contributed by atoms with Gasteiger partial charge in [0.2, 0.25) is 11.8 Å². The van der Waals surface area contributed by atoms with Crippen LogP contribution in [0.5, 0.6) is 0 Å². The van der Waals surface area contributed by atoms with Gasteiger partial charge in [0, 0.05) is 23.8 Å². The zero-order valence-electron chi connectivity index (χ0n) is 12.9. The lowest BCUT2D eigenvalue weighted by Gasteiger charge is -2.23. The molecule has 1 aromatic rings. The molecule has 0 saturated heterocycles. The van der Waals surface area contributed by atoms with Gasteiger partial charge in [-0.1, -0.05) is 11.6 Å². The quantitative estimate of drug-likeness (QED) is 0.790. The van der Waals surface area contributed by atoms with Crippen LogP contribution in [0.15, 0.2) is 24.3 Å². The molecule has 0 aromatic heterocycles. The van der Waals surface area contributed by atoms with E-state index in [-0.39, 0.29) is 11.8 Å². The summed E-state index contributed by atoms with van der Waals surface area (Å²) in [5.74, 6) is -0.650. The van der Waals surface area contributed by atoms with E-state index >= 15 is 0 Å². The smallest absolute Gasteiger partial charge is 0.239 e. The van der Waals surface area contributed by atoms with E-state index in [1.165, 1.54) is 0 Å². The largest absolute Gasteiger partial charge is 0.354 e. The highest BCUT2D eigenvalue weighted by atomic mass is 35.5. The first-order chi connectivity index (χ1) is 9.73. The summed E-state index contributed by atoms with van der Waals surface area (Å²) < 4.78 is 0. The molecule has 1 aromatic carbocycles. The van der Waals surface area contributed by atoms with Crippen molar-refractivity contribution in [1.82, 2.24) is 10.2 Å². The van der Waals surface area contributed by atoms with Crippen LogP contribution in [0.2, 0.25) is 5.02 Å².